The van der Waals surface area contributed by atoms with Crippen LogP contribution in [-0.2, 0) is 0 Å². The summed E-state index contributed by atoms with van der Waals surface area (Å²) in [4.78, 5) is 11.9. The monoisotopic (exact) mass is 301 g/mol. The van der Waals surface area contributed by atoms with Gasteiger partial charge < -0.3 is 5.32 Å². The third-order valence-electron chi connectivity index (χ3n) is 3.04. The molecule has 1 aromatic rings. The van der Waals surface area contributed by atoms with Crippen LogP contribution in [0.3, 0.4) is 0 Å². The van der Waals surface area contributed by atoms with Crippen molar-refractivity contribution in [2.45, 2.75) is 33.2 Å². The van der Waals surface area contributed by atoms with Crippen molar-refractivity contribution in [2.75, 3.05) is 0 Å². The van der Waals surface area contributed by atoms with Crippen LogP contribution in [-0.4, -0.2) is 11.9 Å². The highest BCUT2D eigenvalue weighted by Gasteiger charge is 2.15. The number of hydrogen-bond donors (Lipinski definition) is 1. The maximum Gasteiger partial charge on any atom is 0.251 e. The predicted molar refractivity (Wildman–Crippen MR) is 70.5 cm³/mol. The molecule has 2 atom stereocenters. The summed E-state index contributed by atoms with van der Waals surface area (Å²) in [6.45, 7) is 6.15. The minimum atomic E-state index is -0.364. The standard InChI is InChI=1S/C13H17BrFNO/c1-4-8(2)9(3)16-13(17)10-5-6-12(15)11(14)7-10/h5-9H,4H2,1-3H3,(H,16,17). The van der Waals surface area contributed by atoms with Gasteiger partial charge in [0.2, 0.25) is 0 Å². The Hall–Kier alpha value is -0.900. The molecule has 2 nitrogen and oxygen atoms in total. The summed E-state index contributed by atoms with van der Waals surface area (Å²) in [7, 11) is 0. The van der Waals surface area contributed by atoms with Gasteiger partial charge in [0, 0.05) is 11.6 Å². The first-order chi connectivity index (χ1) is 7.95. The van der Waals surface area contributed by atoms with Crippen molar-refractivity contribution in [1.29, 1.82) is 0 Å². The van der Waals surface area contributed by atoms with Crippen molar-refractivity contribution in [3.05, 3.63) is 34.1 Å². The van der Waals surface area contributed by atoms with Gasteiger partial charge >= 0.3 is 0 Å². The van der Waals surface area contributed by atoms with E-state index in [1.807, 2.05) is 6.92 Å². The molecular formula is C13H17BrFNO. The van der Waals surface area contributed by atoms with Crippen LogP contribution < -0.4 is 5.32 Å². The van der Waals surface area contributed by atoms with Gasteiger partial charge in [0.05, 0.1) is 4.47 Å². The molecule has 0 saturated heterocycles. The summed E-state index contributed by atoms with van der Waals surface area (Å²) in [5.74, 6) is -0.113. The highest BCUT2D eigenvalue weighted by molar-refractivity contribution is 9.10. The van der Waals surface area contributed by atoms with E-state index in [-0.39, 0.29) is 17.8 Å². The summed E-state index contributed by atoms with van der Waals surface area (Å²) >= 11 is 3.07. The van der Waals surface area contributed by atoms with Crippen LogP contribution in [0.5, 0.6) is 0 Å². The Balaban J connectivity index is 2.73. The maximum absolute atomic E-state index is 13.0. The first kappa shape index (κ1) is 14.2. The van der Waals surface area contributed by atoms with Crippen LogP contribution in [0, 0.1) is 11.7 Å². The highest BCUT2D eigenvalue weighted by atomic mass is 79.9. The van der Waals surface area contributed by atoms with E-state index in [2.05, 4.69) is 35.1 Å². The van der Waals surface area contributed by atoms with E-state index in [1.165, 1.54) is 18.2 Å². The van der Waals surface area contributed by atoms with E-state index in [9.17, 15) is 9.18 Å². The lowest BCUT2D eigenvalue weighted by molar-refractivity contribution is 0.0928. The predicted octanol–water partition coefficient (Wildman–Crippen LogP) is 3.75. The quantitative estimate of drug-likeness (QED) is 0.901. The van der Waals surface area contributed by atoms with Crippen LogP contribution in [0.1, 0.15) is 37.6 Å². The topological polar surface area (TPSA) is 29.1 Å². The van der Waals surface area contributed by atoms with Crippen molar-refractivity contribution in [3.63, 3.8) is 0 Å². The molecule has 1 N–H and O–H groups in total. The minimum Gasteiger partial charge on any atom is -0.349 e. The Morgan fingerprint density at radius 3 is 2.65 bits per heavy atom. The molecule has 1 rings (SSSR count). The van der Waals surface area contributed by atoms with Crippen LogP contribution in [0.2, 0.25) is 0 Å². The Morgan fingerprint density at radius 2 is 2.12 bits per heavy atom. The number of nitrogens with one attached hydrogen (secondary N) is 1. The lowest BCUT2D eigenvalue weighted by Crippen LogP contribution is -2.36. The molecule has 0 saturated carbocycles. The summed E-state index contributed by atoms with van der Waals surface area (Å²) in [5.41, 5.74) is 0.466. The molecule has 94 valence electrons. The van der Waals surface area contributed by atoms with E-state index >= 15 is 0 Å². The zero-order valence-corrected chi connectivity index (χ0v) is 11.8. The molecule has 0 heterocycles. The van der Waals surface area contributed by atoms with Crippen molar-refractivity contribution >= 4 is 21.8 Å². The zero-order valence-electron chi connectivity index (χ0n) is 10.3. The molecule has 2 unspecified atom stereocenters. The van der Waals surface area contributed by atoms with E-state index in [4.69, 9.17) is 0 Å². The molecule has 0 aromatic heterocycles. The molecule has 0 bridgehead atoms. The fourth-order valence-corrected chi connectivity index (χ4v) is 1.80. The fourth-order valence-electron chi connectivity index (χ4n) is 1.42. The normalized spacial score (nSPS) is 14.2. The van der Waals surface area contributed by atoms with Gasteiger partial charge in [-0.3, -0.25) is 4.79 Å². The van der Waals surface area contributed by atoms with Gasteiger partial charge in [-0.2, -0.15) is 0 Å². The summed E-state index contributed by atoms with van der Waals surface area (Å²) in [6, 6.07) is 4.37. The van der Waals surface area contributed by atoms with Gasteiger partial charge in [-0.25, -0.2) is 4.39 Å². The SMILES string of the molecule is CCC(C)C(C)NC(=O)c1ccc(F)c(Br)c1. The van der Waals surface area contributed by atoms with Crippen molar-refractivity contribution in [3.8, 4) is 0 Å². The molecule has 0 fully saturated rings. The lowest BCUT2D eigenvalue weighted by atomic mass is 10.0. The third kappa shape index (κ3) is 3.80. The molecule has 1 amide bonds. The molecule has 0 aliphatic rings. The van der Waals surface area contributed by atoms with E-state index < -0.39 is 0 Å². The number of rotatable bonds is 4. The first-order valence-corrected chi connectivity index (χ1v) is 6.51. The minimum absolute atomic E-state index is 0.108. The van der Waals surface area contributed by atoms with Crippen molar-refractivity contribution in [1.82, 2.24) is 5.32 Å². The van der Waals surface area contributed by atoms with Gasteiger partial charge in [-0.15, -0.1) is 0 Å². The number of benzene rings is 1. The Kier molecular flexibility index (Phi) is 5.12. The lowest BCUT2D eigenvalue weighted by Gasteiger charge is -2.19. The Bertz CT molecular complexity index is 408. The van der Waals surface area contributed by atoms with E-state index in [0.717, 1.165) is 6.42 Å². The smallest absolute Gasteiger partial charge is 0.251 e. The Morgan fingerprint density at radius 1 is 1.47 bits per heavy atom. The highest BCUT2D eigenvalue weighted by Crippen LogP contribution is 2.17. The molecule has 4 heteroatoms. The molecule has 17 heavy (non-hydrogen) atoms. The Labute approximate surface area is 110 Å². The molecule has 0 aliphatic carbocycles. The average Bonchev–Trinajstić information content (AvgIpc) is 2.31. The number of carbonyl (C=O) groups excluding carboxylic acids is 1. The molecular weight excluding hydrogens is 285 g/mol. The zero-order chi connectivity index (χ0) is 13.0. The van der Waals surface area contributed by atoms with Gasteiger partial charge in [0.25, 0.3) is 5.91 Å². The second-order valence-electron chi connectivity index (χ2n) is 4.28. The molecule has 0 spiro atoms. The van der Waals surface area contributed by atoms with Crippen molar-refractivity contribution < 1.29 is 9.18 Å². The first-order valence-electron chi connectivity index (χ1n) is 5.71. The van der Waals surface area contributed by atoms with Crippen LogP contribution >= 0.6 is 15.9 Å². The third-order valence-corrected chi connectivity index (χ3v) is 3.65. The molecule has 0 aliphatic heterocycles. The number of amides is 1. The second-order valence-corrected chi connectivity index (χ2v) is 5.13. The van der Waals surface area contributed by atoms with Crippen LogP contribution in [0.25, 0.3) is 0 Å². The van der Waals surface area contributed by atoms with E-state index in [1.54, 1.807) is 0 Å². The van der Waals surface area contributed by atoms with Crippen molar-refractivity contribution in [2.24, 2.45) is 5.92 Å². The van der Waals surface area contributed by atoms with Gasteiger partial charge in [-0.1, -0.05) is 20.3 Å². The summed E-state index contributed by atoms with van der Waals surface area (Å²) < 4.78 is 13.3. The van der Waals surface area contributed by atoms with Gasteiger partial charge in [0.1, 0.15) is 5.82 Å². The maximum atomic E-state index is 13.0. The van der Waals surface area contributed by atoms with E-state index in [0.29, 0.717) is 16.0 Å². The second kappa shape index (κ2) is 6.15. The molecule has 0 radical (unpaired) electrons. The van der Waals surface area contributed by atoms with Crippen LogP contribution in [0.15, 0.2) is 22.7 Å². The van der Waals surface area contributed by atoms with Gasteiger partial charge in [-0.05, 0) is 47.0 Å². The molecule has 1 aromatic carbocycles. The number of halogens is 2. The van der Waals surface area contributed by atoms with Crippen LogP contribution in [0.4, 0.5) is 4.39 Å². The van der Waals surface area contributed by atoms with Gasteiger partial charge in [0.15, 0.2) is 0 Å². The number of hydrogen-bond acceptors (Lipinski definition) is 1. The summed E-state index contributed by atoms with van der Waals surface area (Å²) in [5, 5.41) is 2.91. The number of carbonyl (C=O) groups is 1. The summed E-state index contributed by atoms with van der Waals surface area (Å²) in [6.07, 6.45) is 1.01. The average molecular weight is 302 g/mol. The fraction of sp³-hybridized carbons (Fsp3) is 0.462. The largest absolute Gasteiger partial charge is 0.349 e.